The van der Waals surface area contributed by atoms with Crippen molar-refractivity contribution in [2.45, 2.75) is 18.9 Å². The number of nitrogens with one attached hydrogen (secondary N) is 1. The van der Waals surface area contributed by atoms with Gasteiger partial charge in [-0.15, -0.1) is 0 Å². The maximum atomic E-state index is 10.5. The Morgan fingerprint density at radius 1 is 1.05 bits per heavy atom. The van der Waals surface area contributed by atoms with Crippen molar-refractivity contribution in [1.29, 1.82) is 0 Å². The van der Waals surface area contributed by atoms with Gasteiger partial charge in [-0.25, -0.2) is 0 Å². The molecule has 0 radical (unpaired) electrons. The fourth-order valence-electron chi connectivity index (χ4n) is 1.97. The third-order valence-corrected chi connectivity index (χ3v) is 3.14. The second-order valence-corrected chi connectivity index (χ2v) is 5.95. The zero-order valence-electron chi connectivity index (χ0n) is 13.7. The lowest BCUT2D eigenvalue weighted by atomic mass is 10.2. The number of rotatable bonds is 12. The van der Waals surface area contributed by atoms with Crippen LogP contribution in [0.5, 0.6) is 0 Å². The Bertz CT molecular complexity index is 260. The van der Waals surface area contributed by atoms with E-state index in [9.17, 15) is 4.79 Å². The van der Waals surface area contributed by atoms with Crippen molar-refractivity contribution in [2.75, 3.05) is 68.0 Å². The summed E-state index contributed by atoms with van der Waals surface area (Å²) in [7, 11) is 10.3. The molecule has 0 bridgehead atoms. The first kappa shape index (κ1) is 19.3. The molecule has 0 heterocycles. The molecule has 0 aliphatic heterocycles. The molecular weight excluding hydrogens is 256 g/mol. The monoisotopic (exact) mass is 288 g/mol. The van der Waals surface area contributed by atoms with Gasteiger partial charge in [-0.2, -0.15) is 0 Å². The number of hydrogen-bond donors (Lipinski definition) is 2. The maximum Gasteiger partial charge on any atom is 0.304 e. The minimum atomic E-state index is -0.735. The van der Waals surface area contributed by atoms with E-state index in [0.29, 0.717) is 12.6 Å². The van der Waals surface area contributed by atoms with E-state index in [-0.39, 0.29) is 6.42 Å². The SMILES string of the molecule is CN(C)CCC(CN(C)C)NCCN(C)CCC(=O)O. The maximum absolute atomic E-state index is 10.5. The van der Waals surface area contributed by atoms with Crippen molar-refractivity contribution < 1.29 is 9.90 Å². The van der Waals surface area contributed by atoms with Gasteiger partial charge < -0.3 is 25.1 Å². The average Bonchev–Trinajstić information content (AvgIpc) is 2.32. The Kier molecular flexibility index (Phi) is 10.6. The van der Waals surface area contributed by atoms with Crippen molar-refractivity contribution in [3.05, 3.63) is 0 Å². The van der Waals surface area contributed by atoms with E-state index < -0.39 is 5.97 Å². The van der Waals surface area contributed by atoms with Crippen molar-refractivity contribution in [3.63, 3.8) is 0 Å². The van der Waals surface area contributed by atoms with Gasteiger partial charge in [0.1, 0.15) is 0 Å². The van der Waals surface area contributed by atoms with Gasteiger partial charge in [0.2, 0.25) is 0 Å². The number of carboxylic acid groups (broad SMARTS) is 1. The molecular formula is C14H32N4O2. The highest BCUT2D eigenvalue weighted by atomic mass is 16.4. The Hall–Kier alpha value is -0.690. The Balaban J connectivity index is 3.90. The molecule has 0 saturated carbocycles. The molecule has 1 unspecified atom stereocenters. The van der Waals surface area contributed by atoms with Gasteiger partial charge in [-0.05, 0) is 48.2 Å². The second-order valence-electron chi connectivity index (χ2n) is 5.95. The molecule has 0 amide bonds. The second kappa shape index (κ2) is 11.0. The summed E-state index contributed by atoms with van der Waals surface area (Å²) in [6.07, 6.45) is 1.32. The molecule has 1 atom stereocenters. The third kappa shape index (κ3) is 12.3. The lowest BCUT2D eigenvalue weighted by molar-refractivity contribution is -0.137. The molecule has 120 valence electrons. The van der Waals surface area contributed by atoms with Crippen LogP contribution in [0.2, 0.25) is 0 Å². The summed E-state index contributed by atoms with van der Waals surface area (Å²) in [5.74, 6) is -0.735. The molecule has 0 aromatic heterocycles. The molecule has 0 spiro atoms. The number of likely N-dealkylation sites (N-methyl/N-ethyl adjacent to an activating group) is 2. The predicted octanol–water partition coefficient (Wildman–Crippen LogP) is -0.136. The van der Waals surface area contributed by atoms with Crippen LogP contribution in [0.4, 0.5) is 0 Å². The van der Waals surface area contributed by atoms with Crippen molar-refractivity contribution in [1.82, 2.24) is 20.0 Å². The van der Waals surface area contributed by atoms with Crippen molar-refractivity contribution >= 4 is 5.97 Å². The van der Waals surface area contributed by atoms with Gasteiger partial charge in [-0.1, -0.05) is 0 Å². The van der Waals surface area contributed by atoms with E-state index in [1.54, 1.807) is 0 Å². The van der Waals surface area contributed by atoms with Gasteiger partial charge in [0.25, 0.3) is 0 Å². The van der Waals surface area contributed by atoms with Crippen LogP contribution < -0.4 is 5.32 Å². The molecule has 0 aliphatic rings. The quantitative estimate of drug-likeness (QED) is 0.521. The first-order chi connectivity index (χ1) is 9.31. The first-order valence-electron chi connectivity index (χ1n) is 7.24. The average molecular weight is 288 g/mol. The normalized spacial score (nSPS) is 13.4. The highest BCUT2D eigenvalue weighted by Gasteiger charge is 2.10. The van der Waals surface area contributed by atoms with Crippen LogP contribution in [0, 0.1) is 0 Å². The summed E-state index contributed by atoms with van der Waals surface area (Å²) >= 11 is 0. The van der Waals surface area contributed by atoms with Gasteiger partial charge >= 0.3 is 5.97 Å². The zero-order valence-corrected chi connectivity index (χ0v) is 13.7. The smallest absolute Gasteiger partial charge is 0.304 e. The molecule has 2 N–H and O–H groups in total. The lowest BCUT2D eigenvalue weighted by Gasteiger charge is -2.25. The summed E-state index contributed by atoms with van der Waals surface area (Å²) in [5, 5.41) is 12.2. The molecule has 0 aromatic carbocycles. The predicted molar refractivity (Wildman–Crippen MR) is 83.3 cm³/mol. The van der Waals surface area contributed by atoms with E-state index in [2.05, 4.69) is 48.2 Å². The molecule has 0 aliphatic carbocycles. The van der Waals surface area contributed by atoms with E-state index in [0.717, 1.165) is 32.6 Å². The molecule has 6 heteroatoms. The van der Waals surface area contributed by atoms with Crippen molar-refractivity contribution in [2.24, 2.45) is 0 Å². The number of hydrogen-bond acceptors (Lipinski definition) is 5. The molecule has 0 saturated heterocycles. The van der Waals surface area contributed by atoms with Crippen LogP contribution >= 0.6 is 0 Å². The van der Waals surface area contributed by atoms with Crippen LogP contribution in [0.3, 0.4) is 0 Å². The van der Waals surface area contributed by atoms with Gasteiger partial charge in [0, 0.05) is 32.2 Å². The van der Waals surface area contributed by atoms with Crippen molar-refractivity contribution in [3.8, 4) is 0 Å². The number of carbonyl (C=O) groups is 1. The number of aliphatic carboxylic acids is 1. The fourth-order valence-corrected chi connectivity index (χ4v) is 1.97. The highest BCUT2D eigenvalue weighted by molar-refractivity contribution is 5.66. The van der Waals surface area contributed by atoms with Crippen LogP contribution in [-0.2, 0) is 4.79 Å². The standard InChI is InChI=1S/C14H32N4O2/c1-16(2)9-6-13(12-17(3)4)15-8-11-18(5)10-7-14(19)20/h13,15H,6-12H2,1-5H3,(H,19,20). The molecule has 0 rings (SSSR count). The largest absolute Gasteiger partial charge is 0.481 e. The molecule has 20 heavy (non-hydrogen) atoms. The lowest BCUT2D eigenvalue weighted by Crippen LogP contribution is -2.43. The van der Waals surface area contributed by atoms with Gasteiger partial charge in [-0.3, -0.25) is 4.79 Å². The topological polar surface area (TPSA) is 59.0 Å². The summed E-state index contributed by atoms with van der Waals surface area (Å²) in [4.78, 5) is 17.0. The summed E-state index contributed by atoms with van der Waals surface area (Å²) in [6, 6.07) is 0.472. The summed E-state index contributed by atoms with van der Waals surface area (Å²) in [6.45, 7) is 4.46. The summed E-state index contributed by atoms with van der Waals surface area (Å²) in [5.41, 5.74) is 0. The van der Waals surface area contributed by atoms with Gasteiger partial charge in [0.05, 0.1) is 6.42 Å². The van der Waals surface area contributed by atoms with Crippen LogP contribution in [0.1, 0.15) is 12.8 Å². The molecule has 6 nitrogen and oxygen atoms in total. The fraction of sp³-hybridized carbons (Fsp3) is 0.929. The number of nitrogens with zero attached hydrogens (tertiary/aromatic N) is 3. The summed E-state index contributed by atoms with van der Waals surface area (Å²) < 4.78 is 0. The van der Waals surface area contributed by atoms with Crippen LogP contribution in [0.15, 0.2) is 0 Å². The highest BCUT2D eigenvalue weighted by Crippen LogP contribution is 1.96. The van der Waals surface area contributed by atoms with Gasteiger partial charge in [0.15, 0.2) is 0 Å². The molecule has 0 fully saturated rings. The van der Waals surface area contributed by atoms with Crippen LogP contribution in [0.25, 0.3) is 0 Å². The Morgan fingerprint density at radius 2 is 1.70 bits per heavy atom. The Morgan fingerprint density at radius 3 is 2.20 bits per heavy atom. The van der Waals surface area contributed by atoms with E-state index in [4.69, 9.17) is 5.11 Å². The van der Waals surface area contributed by atoms with E-state index >= 15 is 0 Å². The first-order valence-corrected chi connectivity index (χ1v) is 7.24. The molecule has 0 aromatic rings. The zero-order chi connectivity index (χ0) is 15.5. The number of carboxylic acids is 1. The minimum absolute atomic E-state index is 0.207. The van der Waals surface area contributed by atoms with Crippen LogP contribution in [-0.4, -0.2) is 99.8 Å². The third-order valence-electron chi connectivity index (χ3n) is 3.14. The van der Waals surface area contributed by atoms with E-state index in [1.165, 1.54) is 0 Å². The minimum Gasteiger partial charge on any atom is -0.481 e. The van der Waals surface area contributed by atoms with E-state index in [1.807, 2.05) is 7.05 Å². The Labute approximate surface area is 123 Å².